The van der Waals surface area contributed by atoms with Crippen LogP contribution in [-0.2, 0) is 18.3 Å². The number of hydrogen-bond acceptors (Lipinski definition) is 3. The smallest absolute Gasteiger partial charge is 0.0640 e. The quantitative estimate of drug-likeness (QED) is 0.175. The summed E-state index contributed by atoms with van der Waals surface area (Å²) in [5.41, 5.74) is 20.0. The molecule has 0 radical (unpaired) electrons. The Bertz CT molecular complexity index is 3360. The van der Waals surface area contributed by atoms with Gasteiger partial charge in [0.15, 0.2) is 0 Å². The molecular weight excluding hydrogens is 769 g/mol. The van der Waals surface area contributed by atoms with Crippen LogP contribution in [0.15, 0.2) is 206 Å². The minimum absolute atomic E-state index is 0.147. The average Bonchev–Trinajstić information content (AvgIpc) is 3.80. The van der Waals surface area contributed by atoms with E-state index in [2.05, 4.69) is 230 Å². The molecule has 0 bridgehead atoms. The number of nitrogens with zero attached hydrogens (tertiary/aromatic N) is 2. The van der Waals surface area contributed by atoms with Gasteiger partial charge in [-0.2, -0.15) is 0 Å². The zero-order chi connectivity index (χ0) is 41.4. The fourth-order valence-corrected chi connectivity index (χ4v) is 11.7. The SMILES string of the molecule is CC1(C)c2ccccc2-c2ccc(N(c3cccc4c3-c3ccccc3Cc3ccccc3N(c3ccccc3)c3ccccc3C4)c3cccc4c3sc3ccccc34)cc21. The molecule has 2 nitrogen and oxygen atoms in total. The molecule has 0 amide bonds. The molecule has 0 N–H and O–H groups in total. The highest BCUT2D eigenvalue weighted by Crippen LogP contribution is 2.54. The van der Waals surface area contributed by atoms with Crippen molar-refractivity contribution in [1.82, 2.24) is 0 Å². The van der Waals surface area contributed by atoms with E-state index in [1.807, 2.05) is 11.3 Å². The van der Waals surface area contributed by atoms with E-state index in [0.717, 1.165) is 24.2 Å². The highest BCUT2D eigenvalue weighted by molar-refractivity contribution is 7.26. The van der Waals surface area contributed by atoms with Crippen molar-refractivity contribution in [3.63, 3.8) is 0 Å². The number of hydrogen-bond donors (Lipinski definition) is 0. The number of rotatable bonds is 4. The molecule has 62 heavy (non-hydrogen) atoms. The summed E-state index contributed by atoms with van der Waals surface area (Å²) in [6.45, 7) is 4.77. The molecule has 12 rings (SSSR count). The maximum atomic E-state index is 2.59. The van der Waals surface area contributed by atoms with Crippen LogP contribution >= 0.6 is 11.3 Å². The Kier molecular flexibility index (Phi) is 8.55. The fourth-order valence-electron chi connectivity index (χ4n) is 10.4. The number of anilines is 6. The zero-order valence-electron chi connectivity index (χ0n) is 34.8. The van der Waals surface area contributed by atoms with Crippen molar-refractivity contribution in [2.75, 3.05) is 9.80 Å². The summed E-state index contributed by atoms with van der Waals surface area (Å²) in [7, 11) is 0. The molecule has 10 aromatic rings. The van der Waals surface area contributed by atoms with E-state index in [1.165, 1.54) is 98.6 Å². The van der Waals surface area contributed by atoms with Crippen LogP contribution in [-0.4, -0.2) is 0 Å². The van der Waals surface area contributed by atoms with E-state index in [4.69, 9.17) is 0 Å². The molecule has 0 atom stereocenters. The van der Waals surface area contributed by atoms with Crippen molar-refractivity contribution < 1.29 is 0 Å². The second-order valence-electron chi connectivity index (χ2n) is 17.2. The Morgan fingerprint density at radius 1 is 0.452 bits per heavy atom. The Morgan fingerprint density at radius 2 is 1.03 bits per heavy atom. The van der Waals surface area contributed by atoms with E-state index in [9.17, 15) is 0 Å². The largest absolute Gasteiger partial charge is 0.310 e. The van der Waals surface area contributed by atoms with E-state index in [1.54, 1.807) is 0 Å². The number of thiophene rings is 1. The Labute approximate surface area is 367 Å². The predicted molar refractivity (Wildman–Crippen MR) is 264 cm³/mol. The van der Waals surface area contributed by atoms with Crippen LogP contribution in [0, 0.1) is 0 Å². The van der Waals surface area contributed by atoms with Gasteiger partial charge in [-0.1, -0.05) is 166 Å². The highest BCUT2D eigenvalue weighted by Gasteiger charge is 2.36. The average molecular weight is 813 g/mol. The Morgan fingerprint density at radius 3 is 1.84 bits per heavy atom. The first-order valence-corrected chi connectivity index (χ1v) is 22.5. The van der Waals surface area contributed by atoms with Gasteiger partial charge in [-0.15, -0.1) is 11.3 Å². The molecule has 0 saturated carbocycles. The number of benzene rings is 9. The van der Waals surface area contributed by atoms with Crippen LogP contribution < -0.4 is 9.80 Å². The Hall–Kier alpha value is -7.20. The minimum Gasteiger partial charge on any atom is -0.310 e. The summed E-state index contributed by atoms with van der Waals surface area (Å²) in [6, 6.07) is 76.9. The van der Waals surface area contributed by atoms with Crippen LogP contribution in [0.5, 0.6) is 0 Å². The molecule has 0 saturated heterocycles. The van der Waals surface area contributed by atoms with Crippen LogP contribution in [0.2, 0.25) is 0 Å². The van der Waals surface area contributed by atoms with E-state index in [0.29, 0.717) is 0 Å². The molecule has 0 unspecified atom stereocenters. The second-order valence-corrected chi connectivity index (χ2v) is 18.3. The molecule has 2 heterocycles. The van der Waals surface area contributed by atoms with Gasteiger partial charge in [0.1, 0.15) is 0 Å². The molecule has 1 aliphatic heterocycles. The maximum absolute atomic E-state index is 2.59. The summed E-state index contributed by atoms with van der Waals surface area (Å²) >= 11 is 1.89. The molecule has 0 spiro atoms. The monoisotopic (exact) mass is 812 g/mol. The highest BCUT2D eigenvalue weighted by atomic mass is 32.1. The molecule has 1 aromatic heterocycles. The molecule has 9 aromatic carbocycles. The van der Waals surface area contributed by atoms with Gasteiger partial charge >= 0.3 is 0 Å². The summed E-state index contributed by atoms with van der Waals surface area (Å²) in [5, 5.41) is 2.59. The van der Waals surface area contributed by atoms with Gasteiger partial charge in [0.25, 0.3) is 0 Å². The van der Waals surface area contributed by atoms with Gasteiger partial charge in [-0.05, 0) is 105 Å². The van der Waals surface area contributed by atoms with Crippen molar-refractivity contribution in [1.29, 1.82) is 0 Å². The number of para-hydroxylation sites is 3. The zero-order valence-corrected chi connectivity index (χ0v) is 35.7. The summed E-state index contributed by atoms with van der Waals surface area (Å²) < 4.78 is 2.59. The van der Waals surface area contributed by atoms with Crippen LogP contribution in [0.3, 0.4) is 0 Å². The first-order valence-electron chi connectivity index (χ1n) is 21.7. The lowest BCUT2D eigenvalue weighted by Gasteiger charge is -2.31. The van der Waals surface area contributed by atoms with E-state index >= 15 is 0 Å². The fraction of sp³-hybridized carbons (Fsp3) is 0.0847. The lowest BCUT2D eigenvalue weighted by atomic mass is 9.82. The van der Waals surface area contributed by atoms with Crippen molar-refractivity contribution in [3.05, 3.63) is 240 Å². The van der Waals surface area contributed by atoms with Gasteiger partial charge in [0.2, 0.25) is 0 Å². The molecule has 2 aliphatic rings. The third kappa shape index (κ3) is 5.76. The summed E-state index contributed by atoms with van der Waals surface area (Å²) in [5.74, 6) is 0. The van der Waals surface area contributed by atoms with Gasteiger partial charge < -0.3 is 9.80 Å². The lowest BCUT2D eigenvalue weighted by molar-refractivity contribution is 0.660. The molecule has 3 heteroatoms. The predicted octanol–water partition coefficient (Wildman–Crippen LogP) is 16.5. The van der Waals surface area contributed by atoms with Crippen molar-refractivity contribution in [2.45, 2.75) is 32.1 Å². The summed E-state index contributed by atoms with van der Waals surface area (Å²) in [4.78, 5) is 5.06. The molecular formula is C59H44N2S. The summed E-state index contributed by atoms with van der Waals surface area (Å²) in [6.07, 6.45) is 1.54. The van der Waals surface area contributed by atoms with Crippen molar-refractivity contribution in [3.8, 4) is 22.3 Å². The number of fused-ring (bicyclic) bond motifs is 11. The maximum Gasteiger partial charge on any atom is 0.0640 e. The lowest BCUT2D eigenvalue weighted by Crippen LogP contribution is -2.17. The normalized spacial score (nSPS) is 13.6. The minimum atomic E-state index is -0.147. The van der Waals surface area contributed by atoms with Crippen LogP contribution in [0.1, 0.15) is 47.2 Å². The topological polar surface area (TPSA) is 6.48 Å². The van der Waals surface area contributed by atoms with Gasteiger partial charge in [0.05, 0.1) is 16.1 Å². The molecule has 0 fully saturated rings. The van der Waals surface area contributed by atoms with Crippen molar-refractivity contribution in [2.24, 2.45) is 0 Å². The molecule has 296 valence electrons. The standard InChI is InChI=1S/C59H44N2S/c1-59(2)50-28-12-10-25-46(50)47-35-34-44(38-51(47)59)61(55-32-17-27-49-48-26-11-15-33-56(48)62-58(49)55)54-31-16-21-42-37-41-20-8-14-30-53(41)60(43-22-4-3-5-23-43)52-29-13-7-19-40(52)36-39-18-6-9-24-45(39)57(42)54/h3-35,38H,36-37H2,1-2H3. The van der Waals surface area contributed by atoms with Gasteiger partial charge in [-0.3, -0.25) is 0 Å². The van der Waals surface area contributed by atoms with Gasteiger partial charge in [0, 0.05) is 62.0 Å². The van der Waals surface area contributed by atoms with E-state index in [-0.39, 0.29) is 5.41 Å². The third-order valence-corrected chi connectivity index (χ3v) is 14.6. The van der Waals surface area contributed by atoms with E-state index < -0.39 is 0 Å². The van der Waals surface area contributed by atoms with Gasteiger partial charge in [-0.25, -0.2) is 0 Å². The van der Waals surface area contributed by atoms with Crippen LogP contribution in [0.4, 0.5) is 34.1 Å². The van der Waals surface area contributed by atoms with Crippen LogP contribution in [0.25, 0.3) is 42.4 Å². The second kappa shape index (κ2) is 14.5. The third-order valence-electron chi connectivity index (χ3n) is 13.3. The Balaban J connectivity index is 1.16. The molecule has 1 aliphatic carbocycles. The first-order chi connectivity index (χ1) is 30.5. The first kappa shape index (κ1) is 36.6. The van der Waals surface area contributed by atoms with Crippen molar-refractivity contribution >= 4 is 65.6 Å².